The van der Waals surface area contributed by atoms with E-state index in [0.717, 1.165) is 4.47 Å². The molecule has 0 amide bonds. The summed E-state index contributed by atoms with van der Waals surface area (Å²) in [5, 5.41) is 11.5. The van der Waals surface area contributed by atoms with Crippen molar-refractivity contribution >= 4 is 21.7 Å². The lowest BCUT2D eigenvalue weighted by Gasteiger charge is -2.03. The minimum atomic E-state index is 0.0641. The molecule has 15 heavy (non-hydrogen) atoms. The van der Waals surface area contributed by atoms with Crippen molar-refractivity contribution < 1.29 is 9.90 Å². The molecule has 1 aromatic carbocycles. The summed E-state index contributed by atoms with van der Waals surface area (Å²) in [6, 6.07) is 7.32. The summed E-state index contributed by atoms with van der Waals surface area (Å²) in [6.07, 6.45) is 0.672. The zero-order chi connectivity index (χ0) is 11.1. The third kappa shape index (κ3) is 4.55. The number of Topliss-reactive ketones (excluding diaryl/α,β-unsaturated/α-hetero) is 1. The minimum absolute atomic E-state index is 0.0641. The Morgan fingerprint density at radius 2 is 2.27 bits per heavy atom. The van der Waals surface area contributed by atoms with Crippen LogP contribution in [-0.2, 0) is 0 Å². The highest BCUT2D eigenvalue weighted by Crippen LogP contribution is 2.11. The molecule has 4 heteroatoms. The van der Waals surface area contributed by atoms with E-state index in [4.69, 9.17) is 5.11 Å². The van der Waals surface area contributed by atoms with Gasteiger partial charge in [0.05, 0.1) is 6.54 Å². The maximum atomic E-state index is 11.6. The number of ketones is 1. The summed E-state index contributed by atoms with van der Waals surface area (Å²) < 4.78 is 0.906. The van der Waals surface area contributed by atoms with E-state index in [2.05, 4.69) is 21.2 Å². The fourth-order valence-electron chi connectivity index (χ4n) is 1.17. The Balaban J connectivity index is 2.40. The predicted octanol–water partition coefficient (Wildman–Crippen LogP) is 1.60. The number of rotatable bonds is 6. The normalized spacial score (nSPS) is 10.3. The largest absolute Gasteiger partial charge is 0.396 e. The molecule has 0 fully saturated rings. The van der Waals surface area contributed by atoms with Gasteiger partial charge in [0.15, 0.2) is 5.78 Å². The number of hydrogen-bond acceptors (Lipinski definition) is 3. The lowest BCUT2D eigenvalue weighted by Crippen LogP contribution is -2.24. The summed E-state index contributed by atoms with van der Waals surface area (Å²) in [5.41, 5.74) is 0.695. The highest BCUT2D eigenvalue weighted by atomic mass is 79.9. The van der Waals surface area contributed by atoms with E-state index < -0.39 is 0 Å². The van der Waals surface area contributed by atoms with Crippen LogP contribution in [0.1, 0.15) is 16.8 Å². The molecule has 0 saturated carbocycles. The molecule has 0 bridgehead atoms. The number of aliphatic hydroxyl groups excluding tert-OH is 1. The Kier molecular flexibility index (Phi) is 5.53. The lowest BCUT2D eigenvalue weighted by atomic mass is 10.1. The number of halogens is 1. The second kappa shape index (κ2) is 6.71. The molecule has 0 saturated heterocycles. The van der Waals surface area contributed by atoms with Crippen LogP contribution in [-0.4, -0.2) is 30.6 Å². The SMILES string of the molecule is O=C(CNCCCO)c1cccc(Br)c1. The zero-order valence-corrected chi connectivity index (χ0v) is 9.96. The first-order valence-corrected chi connectivity index (χ1v) is 5.63. The minimum Gasteiger partial charge on any atom is -0.396 e. The molecule has 1 rings (SSSR count). The summed E-state index contributed by atoms with van der Waals surface area (Å²) in [7, 11) is 0. The Labute approximate surface area is 97.6 Å². The van der Waals surface area contributed by atoms with Crippen LogP contribution in [0.15, 0.2) is 28.7 Å². The molecule has 3 nitrogen and oxygen atoms in total. The van der Waals surface area contributed by atoms with Gasteiger partial charge in [-0.3, -0.25) is 4.79 Å². The van der Waals surface area contributed by atoms with Crippen molar-refractivity contribution in [2.24, 2.45) is 0 Å². The Morgan fingerprint density at radius 1 is 1.47 bits per heavy atom. The van der Waals surface area contributed by atoms with Gasteiger partial charge in [0.25, 0.3) is 0 Å². The van der Waals surface area contributed by atoms with Gasteiger partial charge in [-0.15, -0.1) is 0 Å². The second-order valence-corrected chi connectivity index (χ2v) is 4.10. The Hall–Kier alpha value is -0.710. The maximum absolute atomic E-state index is 11.6. The molecule has 0 aromatic heterocycles. The maximum Gasteiger partial charge on any atom is 0.176 e. The van der Waals surface area contributed by atoms with Gasteiger partial charge in [0.1, 0.15) is 0 Å². The second-order valence-electron chi connectivity index (χ2n) is 3.19. The summed E-state index contributed by atoms with van der Waals surface area (Å²) in [4.78, 5) is 11.6. The highest BCUT2D eigenvalue weighted by molar-refractivity contribution is 9.10. The molecule has 0 aliphatic rings. The fourth-order valence-corrected chi connectivity index (χ4v) is 1.57. The topological polar surface area (TPSA) is 49.3 Å². The predicted molar refractivity (Wildman–Crippen MR) is 63.0 cm³/mol. The van der Waals surface area contributed by atoms with E-state index in [9.17, 15) is 4.79 Å². The molecule has 2 N–H and O–H groups in total. The van der Waals surface area contributed by atoms with Crippen LogP contribution in [0.5, 0.6) is 0 Å². The van der Waals surface area contributed by atoms with Crippen molar-refractivity contribution in [2.75, 3.05) is 19.7 Å². The van der Waals surface area contributed by atoms with Gasteiger partial charge in [-0.1, -0.05) is 28.1 Å². The van der Waals surface area contributed by atoms with Crippen LogP contribution in [0.3, 0.4) is 0 Å². The summed E-state index contributed by atoms with van der Waals surface area (Å²) in [6.45, 7) is 1.13. The molecule has 1 aromatic rings. The number of hydrogen-bond donors (Lipinski definition) is 2. The molecule has 0 atom stereocenters. The van der Waals surface area contributed by atoms with Gasteiger partial charge < -0.3 is 10.4 Å². The van der Waals surface area contributed by atoms with Gasteiger partial charge in [-0.05, 0) is 25.1 Å². The van der Waals surface area contributed by atoms with Gasteiger partial charge in [-0.25, -0.2) is 0 Å². The molecule has 0 heterocycles. The van der Waals surface area contributed by atoms with Gasteiger partial charge >= 0.3 is 0 Å². The van der Waals surface area contributed by atoms with Crippen molar-refractivity contribution in [2.45, 2.75) is 6.42 Å². The lowest BCUT2D eigenvalue weighted by molar-refractivity contribution is 0.0990. The highest BCUT2D eigenvalue weighted by Gasteiger charge is 2.04. The number of benzene rings is 1. The average Bonchev–Trinajstić information content (AvgIpc) is 2.24. The van der Waals surface area contributed by atoms with Crippen LogP contribution in [0.25, 0.3) is 0 Å². The van der Waals surface area contributed by atoms with E-state index in [1.54, 1.807) is 12.1 Å². The molecule has 0 spiro atoms. The Morgan fingerprint density at radius 3 is 2.93 bits per heavy atom. The monoisotopic (exact) mass is 271 g/mol. The number of carbonyl (C=O) groups excluding carboxylic acids is 1. The smallest absolute Gasteiger partial charge is 0.176 e. The number of nitrogens with one attached hydrogen (secondary N) is 1. The van der Waals surface area contributed by atoms with E-state index in [0.29, 0.717) is 25.1 Å². The van der Waals surface area contributed by atoms with Crippen LogP contribution >= 0.6 is 15.9 Å². The number of aliphatic hydroxyl groups is 1. The fraction of sp³-hybridized carbons (Fsp3) is 0.364. The molecular weight excluding hydrogens is 258 g/mol. The van der Waals surface area contributed by atoms with E-state index in [-0.39, 0.29) is 12.4 Å². The summed E-state index contributed by atoms with van der Waals surface area (Å²) >= 11 is 3.32. The van der Waals surface area contributed by atoms with E-state index in [1.807, 2.05) is 12.1 Å². The van der Waals surface area contributed by atoms with Crippen LogP contribution < -0.4 is 5.32 Å². The molecule has 0 aliphatic carbocycles. The average molecular weight is 272 g/mol. The van der Waals surface area contributed by atoms with Crippen molar-refractivity contribution in [3.63, 3.8) is 0 Å². The van der Waals surface area contributed by atoms with Crippen molar-refractivity contribution in [1.29, 1.82) is 0 Å². The van der Waals surface area contributed by atoms with E-state index in [1.165, 1.54) is 0 Å². The number of carbonyl (C=O) groups is 1. The molecule has 0 aliphatic heterocycles. The molecular formula is C11H14BrNO2. The van der Waals surface area contributed by atoms with E-state index >= 15 is 0 Å². The zero-order valence-electron chi connectivity index (χ0n) is 8.37. The first-order valence-electron chi connectivity index (χ1n) is 4.84. The first kappa shape index (κ1) is 12.4. The molecule has 0 unspecified atom stereocenters. The van der Waals surface area contributed by atoms with Crippen LogP contribution in [0, 0.1) is 0 Å². The molecule has 82 valence electrons. The van der Waals surface area contributed by atoms with Crippen LogP contribution in [0.4, 0.5) is 0 Å². The third-order valence-electron chi connectivity index (χ3n) is 1.94. The third-order valence-corrected chi connectivity index (χ3v) is 2.44. The van der Waals surface area contributed by atoms with Gasteiger partial charge in [0, 0.05) is 16.6 Å². The van der Waals surface area contributed by atoms with Crippen molar-refractivity contribution in [3.8, 4) is 0 Å². The van der Waals surface area contributed by atoms with Crippen molar-refractivity contribution in [3.05, 3.63) is 34.3 Å². The quantitative estimate of drug-likeness (QED) is 0.611. The van der Waals surface area contributed by atoms with Crippen LogP contribution in [0.2, 0.25) is 0 Å². The van der Waals surface area contributed by atoms with Gasteiger partial charge in [-0.2, -0.15) is 0 Å². The molecule has 0 radical (unpaired) electrons. The van der Waals surface area contributed by atoms with Crippen molar-refractivity contribution in [1.82, 2.24) is 5.32 Å². The first-order chi connectivity index (χ1) is 7.24. The Bertz CT molecular complexity index is 328. The van der Waals surface area contributed by atoms with Gasteiger partial charge in [0.2, 0.25) is 0 Å². The standard InChI is InChI=1S/C11H14BrNO2/c12-10-4-1-3-9(7-10)11(15)8-13-5-2-6-14/h1,3-4,7,13-14H,2,5-6,8H2. The summed E-state index contributed by atoms with van der Waals surface area (Å²) in [5.74, 6) is 0.0641.